The molecule has 16 heavy (non-hydrogen) atoms. The van der Waals surface area contributed by atoms with Crippen LogP contribution in [0.5, 0.6) is 0 Å². The summed E-state index contributed by atoms with van der Waals surface area (Å²) in [5, 5.41) is 0.766. The van der Waals surface area contributed by atoms with Crippen LogP contribution in [0, 0.1) is 12.7 Å². The molecule has 3 nitrogen and oxygen atoms in total. The average molecular weight is 300 g/mol. The molecule has 0 aromatic carbocycles. The van der Waals surface area contributed by atoms with Gasteiger partial charge >= 0.3 is 0 Å². The zero-order valence-electron chi connectivity index (χ0n) is 8.32. The Bertz CT molecular complexity index is 521. The van der Waals surface area contributed by atoms with Gasteiger partial charge in [-0.1, -0.05) is 0 Å². The normalized spacial score (nSPS) is 10.4. The molecule has 0 radical (unpaired) electrons. The first-order chi connectivity index (χ1) is 7.65. The lowest BCUT2D eigenvalue weighted by Crippen LogP contribution is -1.91. The molecule has 0 spiro atoms. The van der Waals surface area contributed by atoms with Gasteiger partial charge in [0.15, 0.2) is 11.0 Å². The molecule has 0 aliphatic heterocycles. The van der Waals surface area contributed by atoms with E-state index in [4.69, 9.17) is 0 Å². The Balaban J connectivity index is 2.27. The molecule has 2 aromatic rings. The van der Waals surface area contributed by atoms with Crippen LogP contribution in [-0.4, -0.2) is 15.0 Å². The van der Waals surface area contributed by atoms with Crippen LogP contribution >= 0.6 is 27.7 Å². The first-order valence-corrected chi connectivity index (χ1v) is 6.04. The Hall–Kier alpha value is -1.01. The Morgan fingerprint density at radius 3 is 2.88 bits per heavy atom. The maximum atomic E-state index is 13.5. The molecule has 6 heteroatoms. The predicted molar refractivity (Wildman–Crippen MR) is 62.8 cm³/mol. The highest BCUT2D eigenvalue weighted by atomic mass is 79.9. The van der Waals surface area contributed by atoms with Crippen LogP contribution in [0.4, 0.5) is 4.39 Å². The molecule has 0 aliphatic carbocycles. The number of hydrogen-bond acceptors (Lipinski definition) is 4. The number of nitrogens with zero attached hydrogens (tertiary/aromatic N) is 3. The van der Waals surface area contributed by atoms with E-state index in [2.05, 4.69) is 30.9 Å². The number of hydrogen-bond donors (Lipinski definition) is 0. The topological polar surface area (TPSA) is 38.7 Å². The van der Waals surface area contributed by atoms with E-state index in [1.54, 1.807) is 18.5 Å². The average Bonchev–Trinajstić information content (AvgIpc) is 2.22. The Morgan fingerprint density at radius 1 is 1.38 bits per heavy atom. The van der Waals surface area contributed by atoms with Crippen molar-refractivity contribution < 1.29 is 4.39 Å². The molecule has 2 rings (SSSR count). The molecule has 2 heterocycles. The zero-order valence-corrected chi connectivity index (χ0v) is 10.7. The van der Waals surface area contributed by atoms with Crippen molar-refractivity contribution in [1.29, 1.82) is 0 Å². The van der Waals surface area contributed by atoms with Gasteiger partial charge < -0.3 is 0 Å². The third kappa shape index (κ3) is 2.76. The quantitative estimate of drug-likeness (QED) is 0.798. The second-order valence-corrected chi connectivity index (χ2v) is 4.89. The van der Waals surface area contributed by atoms with Gasteiger partial charge in [-0.05, 0) is 46.7 Å². The van der Waals surface area contributed by atoms with E-state index in [9.17, 15) is 4.39 Å². The minimum absolute atomic E-state index is 0.272. The Labute approximate surface area is 105 Å². The molecule has 2 aromatic heterocycles. The van der Waals surface area contributed by atoms with E-state index < -0.39 is 0 Å². The molecule has 0 N–H and O–H groups in total. The highest BCUT2D eigenvalue weighted by molar-refractivity contribution is 9.10. The summed E-state index contributed by atoms with van der Waals surface area (Å²) in [4.78, 5) is 12.2. The minimum atomic E-state index is -0.385. The summed E-state index contributed by atoms with van der Waals surface area (Å²) in [5.41, 5.74) is 0.843. The van der Waals surface area contributed by atoms with E-state index in [1.807, 2.05) is 6.92 Å². The third-order valence-electron chi connectivity index (χ3n) is 1.73. The van der Waals surface area contributed by atoms with Crippen LogP contribution in [0.25, 0.3) is 0 Å². The molecule has 0 fully saturated rings. The van der Waals surface area contributed by atoms with Crippen molar-refractivity contribution in [3.8, 4) is 0 Å². The van der Waals surface area contributed by atoms with E-state index >= 15 is 0 Å². The van der Waals surface area contributed by atoms with Crippen molar-refractivity contribution >= 4 is 27.7 Å². The molecule has 0 amide bonds. The molecular weight excluding hydrogens is 293 g/mol. The standard InChI is InChI=1S/C10H7BrFN3S/c1-6-2-3-13-10(15-6)16-9-8(12)4-7(11)5-14-9/h2-5H,1H3. The summed E-state index contributed by atoms with van der Waals surface area (Å²) in [5.74, 6) is -0.385. The fourth-order valence-corrected chi connectivity index (χ4v) is 2.08. The lowest BCUT2D eigenvalue weighted by Gasteiger charge is -2.01. The number of halogens is 2. The Kier molecular flexibility index (Phi) is 3.50. The summed E-state index contributed by atoms with van der Waals surface area (Å²) in [6.07, 6.45) is 3.18. The van der Waals surface area contributed by atoms with Gasteiger partial charge in [-0.25, -0.2) is 19.3 Å². The maximum absolute atomic E-state index is 13.5. The van der Waals surface area contributed by atoms with Gasteiger partial charge in [0.25, 0.3) is 0 Å². The third-order valence-corrected chi connectivity index (χ3v) is 3.04. The highest BCUT2D eigenvalue weighted by Crippen LogP contribution is 2.26. The molecule has 0 bridgehead atoms. The van der Waals surface area contributed by atoms with Gasteiger partial charge in [-0.3, -0.25) is 0 Å². The van der Waals surface area contributed by atoms with Crippen molar-refractivity contribution in [2.75, 3.05) is 0 Å². The van der Waals surface area contributed by atoms with E-state index in [-0.39, 0.29) is 10.8 Å². The van der Waals surface area contributed by atoms with Gasteiger partial charge in [0.05, 0.1) is 0 Å². The van der Waals surface area contributed by atoms with Gasteiger partial charge in [-0.2, -0.15) is 0 Å². The number of pyridine rings is 1. The van der Waals surface area contributed by atoms with Crippen molar-refractivity contribution in [3.05, 3.63) is 40.5 Å². The fourth-order valence-electron chi connectivity index (χ4n) is 1.04. The van der Waals surface area contributed by atoms with Crippen LogP contribution in [0.2, 0.25) is 0 Å². The SMILES string of the molecule is Cc1ccnc(Sc2ncc(Br)cc2F)n1. The number of aromatic nitrogens is 3. The maximum Gasteiger partial charge on any atom is 0.194 e. The molecule has 0 atom stereocenters. The van der Waals surface area contributed by atoms with Crippen LogP contribution in [0.3, 0.4) is 0 Å². The van der Waals surface area contributed by atoms with Gasteiger partial charge in [0.1, 0.15) is 5.03 Å². The molecule has 0 saturated carbocycles. The zero-order chi connectivity index (χ0) is 11.5. The van der Waals surface area contributed by atoms with Crippen LogP contribution in [0.1, 0.15) is 5.69 Å². The lowest BCUT2D eigenvalue weighted by atomic mass is 10.5. The second kappa shape index (κ2) is 4.88. The lowest BCUT2D eigenvalue weighted by molar-refractivity contribution is 0.586. The fraction of sp³-hybridized carbons (Fsp3) is 0.100. The molecular formula is C10H7BrFN3S. The summed E-state index contributed by atoms with van der Waals surface area (Å²) >= 11 is 4.26. The monoisotopic (exact) mass is 299 g/mol. The van der Waals surface area contributed by atoms with Gasteiger partial charge in [-0.15, -0.1) is 0 Å². The minimum Gasteiger partial charge on any atom is -0.245 e. The van der Waals surface area contributed by atoms with E-state index in [1.165, 1.54) is 6.07 Å². The molecule has 0 aliphatic rings. The first kappa shape index (κ1) is 11.5. The van der Waals surface area contributed by atoms with Crippen molar-refractivity contribution in [2.45, 2.75) is 17.1 Å². The molecule has 0 saturated heterocycles. The van der Waals surface area contributed by atoms with Crippen LogP contribution in [-0.2, 0) is 0 Å². The predicted octanol–water partition coefficient (Wildman–Crippen LogP) is 3.23. The van der Waals surface area contributed by atoms with Gasteiger partial charge in [0.2, 0.25) is 0 Å². The van der Waals surface area contributed by atoms with E-state index in [0.717, 1.165) is 17.5 Å². The Morgan fingerprint density at radius 2 is 2.19 bits per heavy atom. The largest absolute Gasteiger partial charge is 0.245 e. The summed E-state index contributed by atoms with van der Waals surface area (Å²) in [7, 11) is 0. The number of aryl methyl sites for hydroxylation is 1. The summed E-state index contributed by atoms with van der Waals surface area (Å²) < 4.78 is 14.1. The molecule has 82 valence electrons. The van der Waals surface area contributed by atoms with Crippen molar-refractivity contribution in [1.82, 2.24) is 15.0 Å². The van der Waals surface area contributed by atoms with Crippen molar-refractivity contribution in [2.24, 2.45) is 0 Å². The highest BCUT2D eigenvalue weighted by Gasteiger charge is 2.08. The first-order valence-electron chi connectivity index (χ1n) is 4.44. The van der Waals surface area contributed by atoms with Crippen LogP contribution < -0.4 is 0 Å². The smallest absolute Gasteiger partial charge is 0.194 e. The van der Waals surface area contributed by atoms with Gasteiger partial charge in [0, 0.05) is 22.6 Å². The summed E-state index contributed by atoms with van der Waals surface area (Å²) in [6.45, 7) is 1.86. The molecule has 0 unspecified atom stereocenters. The second-order valence-electron chi connectivity index (χ2n) is 3.02. The summed E-state index contributed by atoms with van der Waals surface area (Å²) in [6, 6.07) is 3.15. The van der Waals surface area contributed by atoms with Crippen LogP contribution in [0.15, 0.2) is 39.2 Å². The number of rotatable bonds is 2. The van der Waals surface area contributed by atoms with Crippen molar-refractivity contribution in [3.63, 3.8) is 0 Å². The van der Waals surface area contributed by atoms with E-state index in [0.29, 0.717) is 9.63 Å².